The normalized spacial score (nSPS) is 17.9. The van der Waals surface area contributed by atoms with E-state index >= 15 is 0 Å². The molecule has 1 aliphatic carbocycles. The van der Waals surface area contributed by atoms with Crippen LogP contribution in [0.2, 0.25) is 0 Å². The van der Waals surface area contributed by atoms with Gasteiger partial charge in [-0.05, 0) is 55.9 Å². The number of benzene rings is 1. The molecule has 5 rings (SSSR count). The summed E-state index contributed by atoms with van der Waals surface area (Å²) in [4.78, 5) is 20.0. The topological polar surface area (TPSA) is 63.1 Å². The second-order valence-corrected chi connectivity index (χ2v) is 8.73. The van der Waals surface area contributed by atoms with Gasteiger partial charge in [0.05, 0.1) is 5.69 Å². The average molecular weight is 416 g/mol. The van der Waals surface area contributed by atoms with Gasteiger partial charge in [-0.15, -0.1) is 0 Å². The predicted octanol–water partition coefficient (Wildman–Crippen LogP) is 2.97. The van der Waals surface area contributed by atoms with Crippen molar-refractivity contribution in [2.24, 2.45) is 7.05 Å². The van der Waals surface area contributed by atoms with Crippen molar-refractivity contribution in [2.75, 3.05) is 6.54 Å². The summed E-state index contributed by atoms with van der Waals surface area (Å²) in [5.41, 5.74) is 7.64. The van der Waals surface area contributed by atoms with Crippen molar-refractivity contribution in [2.45, 2.75) is 51.7 Å². The summed E-state index contributed by atoms with van der Waals surface area (Å²) < 4.78 is 1.92. The summed E-state index contributed by atoms with van der Waals surface area (Å²) in [6.07, 6.45) is 3.72. The van der Waals surface area contributed by atoms with Crippen molar-refractivity contribution in [3.8, 4) is 0 Å². The number of pyridine rings is 1. The first kappa shape index (κ1) is 19.9. The standard InChI is InChI=1S/C25H29N5O/c1-17-6-5-9-21(27-17)15-26-20-10-11-23-22(14-20)24(28-29(23)2)25(31)30-13-12-18-7-3-4-8-19(18)16-30/h3-9,20,26H,10-16H2,1-2H3. The monoisotopic (exact) mass is 415 g/mol. The fraction of sp³-hybridized carbons (Fsp3) is 0.400. The van der Waals surface area contributed by atoms with Gasteiger partial charge in [-0.2, -0.15) is 5.10 Å². The largest absolute Gasteiger partial charge is 0.333 e. The maximum Gasteiger partial charge on any atom is 0.274 e. The predicted molar refractivity (Wildman–Crippen MR) is 120 cm³/mol. The first-order valence-corrected chi connectivity index (χ1v) is 11.1. The van der Waals surface area contributed by atoms with Crippen LogP contribution in [-0.4, -0.2) is 38.2 Å². The van der Waals surface area contributed by atoms with E-state index in [-0.39, 0.29) is 5.91 Å². The van der Waals surface area contributed by atoms with Crippen LogP contribution in [0.4, 0.5) is 0 Å². The van der Waals surface area contributed by atoms with Crippen molar-refractivity contribution in [1.82, 2.24) is 25.0 Å². The van der Waals surface area contributed by atoms with Gasteiger partial charge in [-0.1, -0.05) is 30.3 Å². The van der Waals surface area contributed by atoms with Gasteiger partial charge in [0, 0.05) is 49.7 Å². The molecule has 1 aromatic carbocycles. The van der Waals surface area contributed by atoms with Crippen LogP contribution < -0.4 is 5.32 Å². The van der Waals surface area contributed by atoms with Crippen LogP contribution >= 0.6 is 0 Å². The number of hydrogen-bond acceptors (Lipinski definition) is 4. The summed E-state index contributed by atoms with van der Waals surface area (Å²) >= 11 is 0. The molecule has 0 saturated carbocycles. The number of nitrogens with one attached hydrogen (secondary N) is 1. The SMILES string of the molecule is Cc1cccc(CNC2CCc3c(c(C(=O)N4CCc5ccccc5C4)nn3C)C2)n1. The molecule has 2 aromatic heterocycles. The third-order valence-corrected chi connectivity index (χ3v) is 6.59. The maximum atomic E-state index is 13.4. The van der Waals surface area contributed by atoms with Gasteiger partial charge in [0.2, 0.25) is 0 Å². The van der Waals surface area contributed by atoms with Gasteiger partial charge >= 0.3 is 0 Å². The number of carbonyl (C=O) groups is 1. The number of amides is 1. The lowest BCUT2D eigenvalue weighted by Gasteiger charge is -2.29. The minimum absolute atomic E-state index is 0.0624. The third-order valence-electron chi connectivity index (χ3n) is 6.59. The summed E-state index contributed by atoms with van der Waals surface area (Å²) in [6, 6.07) is 14.9. The van der Waals surface area contributed by atoms with E-state index in [4.69, 9.17) is 0 Å². The Hall–Kier alpha value is -2.99. The maximum absolute atomic E-state index is 13.4. The number of aromatic nitrogens is 3. The molecule has 1 aliphatic heterocycles. The Morgan fingerprint density at radius 3 is 2.81 bits per heavy atom. The smallest absolute Gasteiger partial charge is 0.274 e. The summed E-state index contributed by atoms with van der Waals surface area (Å²) in [5.74, 6) is 0.0624. The number of nitrogens with zero attached hydrogens (tertiary/aromatic N) is 4. The fourth-order valence-electron chi connectivity index (χ4n) is 4.90. The molecule has 1 unspecified atom stereocenters. The van der Waals surface area contributed by atoms with Crippen LogP contribution in [0.5, 0.6) is 0 Å². The van der Waals surface area contributed by atoms with E-state index in [9.17, 15) is 4.79 Å². The Balaban J connectivity index is 1.31. The number of rotatable bonds is 4. The quantitative estimate of drug-likeness (QED) is 0.712. The second kappa shape index (κ2) is 8.27. The Morgan fingerprint density at radius 1 is 1.13 bits per heavy atom. The summed E-state index contributed by atoms with van der Waals surface area (Å²) in [7, 11) is 1.96. The molecule has 0 radical (unpaired) electrons. The molecule has 6 nitrogen and oxygen atoms in total. The lowest BCUT2D eigenvalue weighted by atomic mass is 9.90. The third kappa shape index (κ3) is 4.00. The highest BCUT2D eigenvalue weighted by Crippen LogP contribution is 2.27. The van der Waals surface area contributed by atoms with Crippen LogP contribution in [0, 0.1) is 6.92 Å². The van der Waals surface area contributed by atoms with Crippen molar-refractivity contribution >= 4 is 5.91 Å². The van der Waals surface area contributed by atoms with Gasteiger partial charge in [0.15, 0.2) is 5.69 Å². The zero-order valence-electron chi connectivity index (χ0n) is 18.3. The van der Waals surface area contributed by atoms with E-state index in [2.05, 4.69) is 45.7 Å². The Bertz CT molecular complexity index is 1120. The number of carbonyl (C=O) groups excluding carboxylic acids is 1. The molecule has 0 bridgehead atoms. The van der Waals surface area contributed by atoms with E-state index in [1.807, 2.05) is 35.7 Å². The molecule has 1 N–H and O–H groups in total. The van der Waals surface area contributed by atoms with E-state index in [1.165, 1.54) is 16.8 Å². The van der Waals surface area contributed by atoms with Crippen LogP contribution in [0.15, 0.2) is 42.5 Å². The van der Waals surface area contributed by atoms with E-state index in [1.54, 1.807) is 0 Å². The van der Waals surface area contributed by atoms with Gasteiger partial charge in [0.1, 0.15) is 0 Å². The van der Waals surface area contributed by atoms with Gasteiger partial charge in [-0.3, -0.25) is 14.5 Å². The number of aryl methyl sites for hydroxylation is 2. The summed E-state index contributed by atoms with van der Waals surface area (Å²) in [6.45, 7) is 4.18. The Morgan fingerprint density at radius 2 is 1.97 bits per heavy atom. The molecule has 160 valence electrons. The molecule has 0 saturated heterocycles. The highest BCUT2D eigenvalue weighted by Gasteiger charge is 2.31. The number of fused-ring (bicyclic) bond motifs is 2. The molecule has 0 fully saturated rings. The van der Waals surface area contributed by atoms with Crippen LogP contribution in [0.25, 0.3) is 0 Å². The van der Waals surface area contributed by atoms with Crippen LogP contribution in [0.1, 0.15) is 50.7 Å². The second-order valence-electron chi connectivity index (χ2n) is 8.73. The summed E-state index contributed by atoms with van der Waals surface area (Å²) in [5, 5.41) is 8.32. The van der Waals surface area contributed by atoms with Crippen LogP contribution in [0.3, 0.4) is 0 Å². The highest BCUT2D eigenvalue weighted by atomic mass is 16.2. The van der Waals surface area contributed by atoms with E-state index < -0.39 is 0 Å². The molecule has 31 heavy (non-hydrogen) atoms. The zero-order chi connectivity index (χ0) is 21.4. The van der Waals surface area contributed by atoms with Crippen LogP contribution in [-0.2, 0) is 39.4 Å². The lowest BCUT2D eigenvalue weighted by Crippen LogP contribution is -2.38. The molecule has 3 heterocycles. The zero-order valence-corrected chi connectivity index (χ0v) is 18.3. The molecular weight excluding hydrogens is 386 g/mol. The van der Waals surface area contributed by atoms with Gasteiger partial charge in [0.25, 0.3) is 5.91 Å². The van der Waals surface area contributed by atoms with E-state index in [0.29, 0.717) is 18.3 Å². The van der Waals surface area contributed by atoms with Crippen molar-refractivity contribution in [3.05, 3.63) is 81.9 Å². The Kier molecular flexibility index (Phi) is 5.32. The van der Waals surface area contributed by atoms with Crippen molar-refractivity contribution < 1.29 is 4.79 Å². The molecule has 0 spiro atoms. The molecule has 1 amide bonds. The minimum atomic E-state index is 0.0624. The lowest BCUT2D eigenvalue weighted by molar-refractivity contribution is 0.0726. The fourth-order valence-corrected chi connectivity index (χ4v) is 4.90. The minimum Gasteiger partial charge on any atom is -0.333 e. The van der Waals surface area contributed by atoms with Crippen molar-refractivity contribution in [3.63, 3.8) is 0 Å². The molecule has 3 aromatic rings. The first-order valence-electron chi connectivity index (χ1n) is 11.1. The van der Waals surface area contributed by atoms with E-state index in [0.717, 1.165) is 55.7 Å². The first-order chi connectivity index (χ1) is 15.1. The van der Waals surface area contributed by atoms with Crippen molar-refractivity contribution in [1.29, 1.82) is 0 Å². The molecular formula is C25H29N5O. The molecule has 6 heteroatoms. The Labute approximate surface area is 183 Å². The number of hydrogen-bond donors (Lipinski definition) is 1. The molecule has 1 atom stereocenters. The van der Waals surface area contributed by atoms with Gasteiger partial charge in [-0.25, -0.2) is 0 Å². The average Bonchev–Trinajstić information content (AvgIpc) is 3.12. The highest BCUT2D eigenvalue weighted by molar-refractivity contribution is 5.94. The van der Waals surface area contributed by atoms with Gasteiger partial charge < -0.3 is 10.2 Å². The molecule has 2 aliphatic rings.